The van der Waals surface area contributed by atoms with Gasteiger partial charge in [-0.15, -0.1) is 0 Å². The van der Waals surface area contributed by atoms with Gasteiger partial charge in [0.2, 0.25) is 0 Å². The van der Waals surface area contributed by atoms with Gasteiger partial charge in [0.1, 0.15) is 11.9 Å². The van der Waals surface area contributed by atoms with Crippen molar-refractivity contribution in [2.75, 3.05) is 25.0 Å². The van der Waals surface area contributed by atoms with E-state index in [2.05, 4.69) is 72.6 Å². The van der Waals surface area contributed by atoms with Crippen LogP contribution in [0.15, 0.2) is 48.5 Å². The van der Waals surface area contributed by atoms with Crippen LogP contribution in [-0.4, -0.2) is 30.6 Å². The van der Waals surface area contributed by atoms with Crippen LogP contribution in [0.1, 0.15) is 31.4 Å². The Morgan fingerprint density at radius 1 is 1.08 bits per heavy atom. The maximum Gasteiger partial charge on any atom is 0.142 e. The van der Waals surface area contributed by atoms with Crippen molar-refractivity contribution in [2.24, 2.45) is 0 Å². The molecule has 1 aliphatic rings. The number of anilines is 1. The summed E-state index contributed by atoms with van der Waals surface area (Å²) in [6, 6.07) is 17.3. The van der Waals surface area contributed by atoms with Gasteiger partial charge in [-0.25, -0.2) is 0 Å². The first kappa shape index (κ1) is 16.8. The van der Waals surface area contributed by atoms with Crippen molar-refractivity contribution in [1.82, 2.24) is 4.90 Å². The van der Waals surface area contributed by atoms with Gasteiger partial charge in [0, 0.05) is 13.1 Å². The third-order valence-corrected chi connectivity index (χ3v) is 4.73. The molecule has 0 radical (unpaired) electrons. The van der Waals surface area contributed by atoms with E-state index in [4.69, 9.17) is 4.74 Å². The average molecular weight is 324 g/mol. The summed E-state index contributed by atoms with van der Waals surface area (Å²) in [6.07, 6.45) is 2.40. The molecule has 0 bridgehead atoms. The number of fused-ring (bicyclic) bond motifs is 1. The van der Waals surface area contributed by atoms with E-state index in [1.807, 2.05) is 0 Å². The summed E-state index contributed by atoms with van der Waals surface area (Å²) in [7, 11) is 0. The highest BCUT2D eigenvalue weighted by Gasteiger charge is 2.17. The molecule has 0 saturated heterocycles. The Bertz CT molecular complexity index is 642. The van der Waals surface area contributed by atoms with Gasteiger partial charge < -0.3 is 10.1 Å². The molecule has 24 heavy (non-hydrogen) atoms. The maximum absolute atomic E-state index is 5.99. The largest absolute Gasteiger partial charge is 0.486 e. The van der Waals surface area contributed by atoms with E-state index >= 15 is 0 Å². The van der Waals surface area contributed by atoms with Crippen molar-refractivity contribution < 1.29 is 4.74 Å². The minimum Gasteiger partial charge on any atom is -0.486 e. The number of benzene rings is 2. The first-order valence-corrected chi connectivity index (χ1v) is 9.08. The molecule has 0 spiro atoms. The second kappa shape index (κ2) is 8.20. The lowest BCUT2D eigenvalue weighted by Crippen LogP contribution is -2.30. The van der Waals surface area contributed by atoms with Crippen LogP contribution in [0.2, 0.25) is 0 Å². The fourth-order valence-electron chi connectivity index (χ4n) is 3.12. The fourth-order valence-corrected chi connectivity index (χ4v) is 3.12. The van der Waals surface area contributed by atoms with Crippen LogP contribution in [0, 0.1) is 0 Å². The third-order valence-electron chi connectivity index (χ3n) is 4.73. The molecule has 0 aromatic heterocycles. The molecule has 1 N–H and O–H groups in total. The first-order valence-electron chi connectivity index (χ1n) is 9.08. The minimum atomic E-state index is 0.296. The van der Waals surface area contributed by atoms with E-state index in [0.717, 1.165) is 50.5 Å². The molecule has 1 heterocycles. The number of likely N-dealkylation sites (N-methyl/N-ethyl adjacent to an activating group) is 1. The summed E-state index contributed by atoms with van der Waals surface area (Å²) < 4.78 is 5.99. The summed E-state index contributed by atoms with van der Waals surface area (Å²) in [6.45, 7) is 8.46. The normalized spacial score (nSPS) is 16.4. The Balaban J connectivity index is 1.58. The minimum absolute atomic E-state index is 0.296. The Morgan fingerprint density at radius 2 is 1.92 bits per heavy atom. The lowest BCUT2D eigenvalue weighted by Gasteiger charge is -2.27. The third kappa shape index (κ3) is 4.30. The van der Waals surface area contributed by atoms with Crippen molar-refractivity contribution in [3.8, 4) is 5.75 Å². The molecular formula is C21H28N2O. The molecule has 3 heteroatoms. The Hall–Kier alpha value is -2.00. The summed E-state index contributed by atoms with van der Waals surface area (Å²) in [5, 5.41) is 3.51. The van der Waals surface area contributed by atoms with Crippen molar-refractivity contribution in [3.63, 3.8) is 0 Å². The molecule has 1 atom stereocenters. The molecule has 0 fully saturated rings. The SMILES string of the molecule is CCC1CNc2cc(CCN(CC)Cc3ccccc3)ccc2O1. The highest BCUT2D eigenvalue weighted by molar-refractivity contribution is 5.59. The van der Waals surface area contributed by atoms with E-state index in [9.17, 15) is 0 Å². The number of nitrogens with zero attached hydrogens (tertiary/aromatic N) is 1. The van der Waals surface area contributed by atoms with E-state index in [-0.39, 0.29) is 0 Å². The molecular weight excluding hydrogens is 296 g/mol. The number of nitrogens with one attached hydrogen (secondary N) is 1. The highest BCUT2D eigenvalue weighted by atomic mass is 16.5. The maximum atomic E-state index is 5.99. The smallest absolute Gasteiger partial charge is 0.142 e. The Morgan fingerprint density at radius 3 is 2.67 bits per heavy atom. The highest BCUT2D eigenvalue weighted by Crippen LogP contribution is 2.30. The second-order valence-electron chi connectivity index (χ2n) is 6.46. The second-order valence-corrected chi connectivity index (χ2v) is 6.46. The van der Waals surface area contributed by atoms with Gasteiger partial charge >= 0.3 is 0 Å². The summed E-state index contributed by atoms with van der Waals surface area (Å²) in [4.78, 5) is 2.49. The van der Waals surface area contributed by atoms with E-state index in [1.165, 1.54) is 11.1 Å². The van der Waals surface area contributed by atoms with Gasteiger partial charge in [0.15, 0.2) is 0 Å². The zero-order chi connectivity index (χ0) is 16.8. The van der Waals surface area contributed by atoms with Crippen LogP contribution in [0.5, 0.6) is 5.75 Å². The van der Waals surface area contributed by atoms with Gasteiger partial charge in [-0.3, -0.25) is 4.90 Å². The van der Waals surface area contributed by atoms with E-state index in [1.54, 1.807) is 0 Å². The molecule has 1 unspecified atom stereocenters. The number of hydrogen-bond acceptors (Lipinski definition) is 3. The van der Waals surface area contributed by atoms with Crippen molar-refractivity contribution in [1.29, 1.82) is 0 Å². The van der Waals surface area contributed by atoms with E-state index < -0.39 is 0 Å². The van der Waals surface area contributed by atoms with Gasteiger partial charge in [0.25, 0.3) is 0 Å². The van der Waals surface area contributed by atoms with Crippen LogP contribution >= 0.6 is 0 Å². The van der Waals surface area contributed by atoms with Crippen LogP contribution in [0.3, 0.4) is 0 Å². The molecule has 3 nitrogen and oxygen atoms in total. The van der Waals surface area contributed by atoms with Crippen molar-refractivity contribution >= 4 is 5.69 Å². The topological polar surface area (TPSA) is 24.5 Å². The molecule has 0 saturated carbocycles. The van der Waals surface area contributed by atoms with Crippen molar-refractivity contribution in [3.05, 3.63) is 59.7 Å². The van der Waals surface area contributed by atoms with Gasteiger partial charge in [0.05, 0.1) is 12.2 Å². The lowest BCUT2D eigenvalue weighted by atomic mass is 10.1. The molecule has 1 aliphatic heterocycles. The zero-order valence-corrected chi connectivity index (χ0v) is 14.8. The number of hydrogen-bond donors (Lipinski definition) is 1. The molecule has 2 aromatic rings. The van der Waals surface area contributed by atoms with Crippen molar-refractivity contribution in [2.45, 2.75) is 39.3 Å². The monoisotopic (exact) mass is 324 g/mol. The van der Waals surface area contributed by atoms with Gasteiger partial charge in [-0.1, -0.05) is 50.2 Å². The quantitative estimate of drug-likeness (QED) is 0.820. The van der Waals surface area contributed by atoms with Crippen LogP contribution in [-0.2, 0) is 13.0 Å². The van der Waals surface area contributed by atoms with Crippen LogP contribution in [0.4, 0.5) is 5.69 Å². The predicted octanol–water partition coefficient (Wildman–Crippen LogP) is 4.33. The summed E-state index contributed by atoms with van der Waals surface area (Å²) >= 11 is 0. The predicted molar refractivity (Wildman–Crippen MR) is 101 cm³/mol. The fraction of sp³-hybridized carbons (Fsp3) is 0.429. The molecule has 128 valence electrons. The molecule has 0 aliphatic carbocycles. The summed E-state index contributed by atoms with van der Waals surface area (Å²) in [5.41, 5.74) is 3.89. The average Bonchev–Trinajstić information content (AvgIpc) is 2.65. The van der Waals surface area contributed by atoms with Crippen LogP contribution in [0.25, 0.3) is 0 Å². The van der Waals surface area contributed by atoms with Gasteiger partial charge in [-0.2, -0.15) is 0 Å². The van der Waals surface area contributed by atoms with Crippen LogP contribution < -0.4 is 10.1 Å². The number of ether oxygens (including phenoxy) is 1. The molecule has 0 amide bonds. The number of rotatable bonds is 7. The van der Waals surface area contributed by atoms with Gasteiger partial charge in [-0.05, 0) is 42.6 Å². The standard InChI is InChI=1S/C21H28N2O/c1-3-19-15-22-20-14-17(10-11-21(20)24-19)12-13-23(4-2)16-18-8-6-5-7-9-18/h5-11,14,19,22H,3-4,12-13,15-16H2,1-2H3. The lowest BCUT2D eigenvalue weighted by molar-refractivity contribution is 0.201. The Labute approximate surface area is 145 Å². The zero-order valence-electron chi connectivity index (χ0n) is 14.8. The molecule has 3 rings (SSSR count). The molecule has 2 aromatic carbocycles. The first-order chi connectivity index (χ1) is 11.8. The van der Waals surface area contributed by atoms with E-state index in [0.29, 0.717) is 6.10 Å². The summed E-state index contributed by atoms with van der Waals surface area (Å²) in [5.74, 6) is 0.994. The Kier molecular flexibility index (Phi) is 5.76.